The SMILES string of the molecule is CCCCCCOC(OCC(C)C)c1ccccc1. The Morgan fingerprint density at radius 1 is 0.947 bits per heavy atom. The molecule has 0 aliphatic carbocycles. The van der Waals surface area contributed by atoms with Gasteiger partial charge in [-0.25, -0.2) is 0 Å². The van der Waals surface area contributed by atoms with Crippen LogP contribution in [0.15, 0.2) is 30.3 Å². The maximum Gasteiger partial charge on any atom is 0.183 e. The fourth-order valence-electron chi connectivity index (χ4n) is 1.85. The van der Waals surface area contributed by atoms with Gasteiger partial charge in [-0.15, -0.1) is 0 Å². The second-order valence-electron chi connectivity index (χ2n) is 5.40. The van der Waals surface area contributed by atoms with E-state index in [1.165, 1.54) is 19.3 Å². The summed E-state index contributed by atoms with van der Waals surface area (Å²) in [6.45, 7) is 8.04. The summed E-state index contributed by atoms with van der Waals surface area (Å²) in [6.07, 6.45) is 4.67. The molecule has 0 N–H and O–H groups in total. The third-order valence-corrected chi connectivity index (χ3v) is 2.92. The van der Waals surface area contributed by atoms with Gasteiger partial charge in [-0.3, -0.25) is 0 Å². The molecule has 0 aromatic heterocycles. The van der Waals surface area contributed by atoms with E-state index in [0.717, 1.165) is 25.2 Å². The van der Waals surface area contributed by atoms with Crippen molar-refractivity contribution in [2.45, 2.75) is 52.7 Å². The number of ether oxygens (including phenoxy) is 2. The van der Waals surface area contributed by atoms with Crippen LogP contribution < -0.4 is 0 Å². The van der Waals surface area contributed by atoms with Gasteiger partial charge in [0.05, 0.1) is 13.2 Å². The monoisotopic (exact) mass is 264 g/mol. The minimum absolute atomic E-state index is 0.217. The van der Waals surface area contributed by atoms with Crippen LogP contribution in [0.5, 0.6) is 0 Å². The topological polar surface area (TPSA) is 18.5 Å². The lowest BCUT2D eigenvalue weighted by molar-refractivity contribution is -0.153. The Hall–Kier alpha value is -0.860. The fourth-order valence-corrected chi connectivity index (χ4v) is 1.85. The molecule has 2 heteroatoms. The first kappa shape index (κ1) is 16.2. The zero-order valence-corrected chi connectivity index (χ0v) is 12.6. The maximum absolute atomic E-state index is 5.90. The van der Waals surface area contributed by atoms with E-state index in [2.05, 4.69) is 32.9 Å². The molecule has 1 unspecified atom stereocenters. The van der Waals surface area contributed by atoms with E-state index in [1.54, 1.807) is 0 Å². The van der Waals surface area contributed by atoms with Crippen molar-refractivity contribution < 1.29 is 9.47 Å². The minimum Gasteiger partial charge on any atom is -0.348 e. The van der Waals surface area contributed by atoms with Gasteiger partial charge in [0.1, 0.15) is 0 Å². The normalized spacial score (nSPS) is 12.8. The van der Waals surface area contributed by atoms with E-state index < -0.39 is 0 Å². The second-order valence-corrected chi connectivity index (χ2v) is 5.40. The first-order valence-electron chi connectivity index (χ1n) is 7.52. The lowest BCUT2D eigenvalue weighted by Gasteiger charge is -2.20. The molecule has 0 aliphatic rings. The van der Waals surface area contributed by atoms with E-state index >= 15 is 0 Å². The molecule has 0 radical (unpaired) electrons. The molecule has 0 amide bonds. The maximum atomic E-state index is 5.90. The molecule has 19 heavy (non-hydrogen) atoms. The number of hydrogen-bond acceptors (Lipinski definition) is 2. The molecule has 1 rings (SSSR count). The zero-order valence-electron chi connectivity index (χ0n) is 12.6. The van der Waals surface area contributed by atoms with E-state index in [0.29, 0.717) is 5.92 Å². The quantitative estimate of drug-likeness (QED) is 0.439. The van der Waals surface area contributed by atoms with Crippen molar-refractivity contribution in [1.82, 2.24) is 0 Å². The number of rotatable bonds is 10. The van der Waals surface area contributed by atoms with Crippen molar-refractivity contribution in [1.29, 1.82) is 0 Å². The number of hydrogen-bond donors (Lipinski definition) is 0. The molecule has 0 saturated carbocycles. The van der Waals surface area contributed by atoms with Crippen LogP contribution in [-0.2, 0) is 9.47 Å². The molecule has 0 bridgehead atoms. The molecule has 0 saturated heterocycles. The number of unbranched alkanes of at least 4 members (excludes halogenated alkanes) is 3. The molecule has 0 aliphatic heterocycles. The molecule has 1 aromatic carbocycles. The highest BCUT2D eigenvalue weighted by Crippen LogP contribution is 2.20. The summed E-state index contributed by atoms with van der Waals surface area (Å²) in [5, 5.41) is 0. The van der Waals surface area contributed by atoms with Gasteiger partial charge in [0.15, 0.2) is 6.29 Å². The van der Waals surface area contributed by atoms with Gasteiger partial charge in [-0.05, 0) is 12.3 Å². The largest absolute Gasteiger partial charge is 0.348 e. The summed E-state index contributed by atoms with van der Waals surface area (Å²) < 4.78 is 11.8. The molecule has 1 aromatic rings. The summed E-state index contributed by atoms with van der Waals surface area (Å²) in [5.41, 5.74) is 1.11. The molecule has 2 nitrogen and oxygen atoms in total. The Labute approximate surface area is 118 Å². The van der Waals surface area contributed by atoms with Gasteiger partial charge >= 0.3 is 0 Å². The van der Waals surface area contributed by atoms with Crippen molar-refractivity contribution in [2.24, 2.45) is 5.92 Å². The Bertz CT molecular complexity index is 308. The molecule has 0 fully saturated rings. The smallest absolute Gasteiger partial charge is 0.183 e. The summed E-state index contributed by atoms with van der Waals surface area (Å²) in [7, 11) is 0. The minimum atomic E-state index is -0.217. The third kappa shape index (κ3) is 7.34. The summed E-state index contributed by atoms with van der Waals surface area (Å²) in [5.74, 6) is 0.523. The zero-order chi connectivity index (χ0) is 13.9. The lowest BCUT2D eigenvalue weighted by Crippen LogP contribution is -2.13. The first-order chi connectivity index (χ1) is 9.24. The van der Waals surface area contributed by atoms with Gasteiger partial charge in [-0.2, -0.15) is 0 Å². The van der Waals surface area contributed by atoms with Crippen LogP contribution in [0.4, 0.5) is 0 Å². The highest BCUT2D eigenvalue weighted by atomic mass is 16.7. The van der Waals surface area contributed by atoms with E-state index in [-0.39, 0.29) is 6.29 Å². The number of benzene rings is 1. The summed E-state index contributed by atoms with van der Waals surface area (Å²) >= 11 is 0. The predicted molar refractivity (Wildman–Crippen MR) is 80.1 cm³/mol. The van der Waals surface area contributed by atoms with Crippen LogP contribution in [0, 0.1) is 5.92 Å². The average molecular weight is 264 g/mol. The molecule has 0 heterocycles. The van der Waals surface area contributed by atoms with Gasteiger partial charge in [0.25, 0.3) is 0 Å². The first-order valence-corrected chi connectivity index (χ1v) is 7.52. The summed E-state index contributed by atoms with van der Waals surface area (Å²) in [4.78, 5) is 0. The van der Waals surface area contributed by atoms with Crippen molar-refractivity contribution in [3.8, 4) is 0 Å². The average Bonchev–Trinajstić information content (AvgIpc) is 2.42. The van der Waals surface area contributed by atoms with E-state index in [9.17, 15) is 0 Å². The lowest BCUT2D eigenvalue weighted by atomic mass is 10.2. The van der Waals surface area contributed by atoms with E-state index in [1.807, 2.05) is 18.2 Å². The van der Waals surface area contributed by atoms with Gasteiger partial charge in [0, 0.05) is 5.56 Å². The van der Waals surface area contributed by atoms with Crippen LogP contribution in [-0.4, -0.2) is 13.2 Å². The Kier molecular flexibility index (Phi) is 8.52. The Balaban J connectivity index is 2.41. The standard InChI is InChI=1S/C17H28O2/c1-4-5-6-10-13-18-17(19-14-15(2)3)16-11-8-7-9-12-16/h7-9,11-12,15,17H,4-6,10,13-14H2,1-3H3. The van der Waals surface area contributed by atoms with Crippen molar-refractivity contribution in [2.75, 3.05) is 13.2 Å². The molecule has 1 atom stereocenters. The van der Waals surface area contributed by atoms with Crippen LogP contribution in [0.25, 0.3) is 0 Å². The highest BCUT2D eigenvalue weighted by molar-refractivity contribution is 5.15. The van der Waals surface area contributed by atoms with Crippen molar-refractivity contribution >= 4 is 0 Å². The van der Waals surface area contributed by atoms with Gasteiger partial charge < -0.3 is 9.47 Å². The predicted octanol–water partition coefficient (Wildman–Crippen LogP) is 4.95. The molecule has 0 spiro atoms. The van der Waals surface area contributed by atoms with Crippen LogP contribution in [0.2, 0.25) is 0 Å². The fraction of sp³-hybridized carbons (Fsp3) is 0.647. The molecular formula is C17H28O2. The van der Waals surface area contributed by atoms with Crippen LogP contribution in [0.1, 0.15) is 58.3 Å². The highest BCUT2D eigenvalue weighted by Gasteiger charge is 2.12. The van der Waals surface area contributed by atoms with Gasteiger partial charge in [-0.1, -0.05) is 70.4 Å². The Morgan fingerprint density at radius 2 is 1.68 bits per heavy atom. The second kappa shape index (κ2) is 9.99. The van der Waals surface area contributed by atoms with Crippen molar-refractivity contribution in [3.63, 3.8) is 0 Å². The van der Waals surface area contributed by atoms with Crippen molar-refractivity contribution in [3.05, 3.63) is 35.9 Å². The van der Waals surface area contributed by atoms with Gasteiger partial charge in [0.2, 0.25) is 0 Å². The third-order valence-electron chi connectivity index (χ3n) is 2.92. The van der Waals surface area contributed by atoms with Crippen LogP contribution >= 0.6 is 0 Å². The molecule has 108 valence electrons. The van der Waals surface area contributed by atoms with Crippen LogP contribution in [0.3, 0.4) is 0 Å². The Morgan fingerprint density at radius 3 is 2.32 bits per heavy atom. The summed E-state index contributed by atoms with van der Waals surface area (Å²) in [6, 6.07) is 10.2. The van der Waals surface area contributed by atoms with E-state index in [4.69, 9.17) is 9.47 Å². The molecular weight excluding hydrogens is 236 g/mol.